The van der Waals surface area contributed by atoms with Gasteiger partial charge < -0.3 is 5.32 Å². The molecule has 2 atom stereocenters. The molecule has 0 aliphatic heterocycles. The molecule has 0 radical (unpaired) electrons. The average molecular weight is 252 g/mol. The molecule has 0 aliphatic rings. The number of nitrogens with one attached hydrogen (secondary N) is 1. The van der Waals surface area contributed by atoms with Gasteiger partial charge in [-0.1, -0.05) is 27.2 Å². The van der Waals surface area contributed by atoms with E-state index in [2.05, 4.69) is 50.0 Å². The molecule has 0 bridgehead atoms. The number of nitrogens with zero attached hydrogens (tertiary/aromatic N) is 3. The summed E-state index contributed by atoms with van der Waals surface area (Å²) in [7, 11) is 0. The molecule has 18 heavy (non-hydrogen) atoms. The molecular formula is C14H28N4. The highest BCUT2D eigenvalue weighted by atomic mass is 15.3. The molecule has 1 aromatic rings. The minimum absolute atomic E-state index is 0.383. The summed E-state index contributed by atoms with van der Waals surface area (Å²) in [5.74, 6) is 1.85. The van der Waals surface area contributed by atoms with Gasteiger partial charge in [-0.3, -0.25) is 0 Å². The van der Waals surface area contributed by atoms with Crippen LogP contribution in [0.2, 0.25) is 0 Å². The number of likely N-dealkylation sites (N-methyl/N-ethyl adjacent to an activating group) is 1. The van der Waals surface area contributed by atoms with Crippen molar-refractivity contribution in [1.29, 1.82) is 0 Å². The third-order valence-corrected chi connectivity index (χ3v) is 3.44. The summed E-state index contributed by atoms with van der Waals surface area (Å²) in [6, 6.07) is 0.889. The van der Waals surface area contributed by atoms with Crippen molar-refractivity contribution in [2.24, 2.45) is 5.92 Å². The lowest BCUT2D eigenvalue weighted by molar-refractivity contribution is 0.382. The van der Waals surface area contributed by atoms with Crippen LogP contribution >= 0.6 is 0 Å². The van der Waals surface area contributed by atoms with Gasteiger partial charge in [0, 0.05) is 18.5 Å². The van der Waals surface area contributed by atoms with Gasteiger partial charge in [-0.15, -0.1) is 0 Å². The summed E-state index contributed by atoms with van der Waals surface area (Å²) in [4.78, 5) is 4.40. The Morgan fingerprint density at radius 3 is 2.56 bits per heavy atom. The van der Waals surface area contributed by atoms with E-state index in [1.54, 1.807) is 6.33 Å². The first-order chi connectivity index (χ1) is 8.58. The van der Waals surface area contributed by atoms with Crippen molar-refractivity contribution in [3.05, 3.63) is 12.2 Å². The Morgan fingerprint density at radius 2 is 2.00 bits per heavy atom. The first-order valence-electron chi connectivity index (χ1n) is 7.20. The number of aromatic nitrogens is 3. The van der Waals surface area contributed by atoms with Crippen LogP contribution in [-0.2, 0) is 6.42 Å². The topological polar surface area (TPSA) is 42.7 Å². The molecule has 0 amide bonds. The molecule has 2 unspecified atom stereocenters. The van der Waals surface area contributed by atoms with E-state index in [4.69, 9.17) is 0 Å². The van der Waals surface area contributed by atoms with Gasteiger partial charge in [-0.05, 0) is 32.7 Å². The second kappa shape index (κ2) is 7.52. The van der Waals surface area contributed by atoms with Crippen LogP contribution in [0.1, 0.15) is 59.3 Å². The van der Waals surface area contributed by atoms with E-state index in [0.29, 0.717) is 12.1 Å². The lowest BCUT2D eigenvalue weighted by Gasteiger charge is -2.21. The van der Waals surface area contributed by atoms with E-state index >= 15 is 0 Å². The van der Waals surface area contributed by atoms with Crippen LogP contribution in [0, 0.1) is 5.92 Å². The van der Waals surface area contributed by atoms with Crippen LogP contribution in [0.5, 0.6) is 0 Å². The van der Waals surface area contributed by atoms with Crippen molar-refractivity contribution in [2.45, 2.75) is 66.0 Å². The van der Waals surface area contributed by atoms with Crippen molar-refractivity contribution >= 4 is 0 Å². The first-order valence-corrected chi connectivity index (χ1v) is 7.20. The zero-order chi connectivity index (χ0) is 13.5. The fraction of sp³-hybridized carbons (Fsp3) is 0.857. The Hall–Kier alpha value is -0.900. The Labute approximate surface area is 111 Å². The van der Waals surface area contributed by atoms with E-state index < -0.39 is 0 Å². The van der Waals surface area contributed by atoms with Gasteiger partial charge in [0.1, 0.15) is 12.2 Å². The van der Waals surface area contributed by atoms with E-state index in [9.17, 15) is 0 Å². The molecule has 1 aromatic heterocycles. The summed E-state index contributed by atoms with van der Waals surface area (Å²) < 4.78 is 2.03. The number of hydrogen-bond donors (Lipinski definition) is 1. The SMILES string of the molecule is CCNC(Cc1ncnn1C(C)C)CC(C)CC. The molecule has 0 aliphatic carbocycles. The number of rotatable bonds is 8. The maximum atomic E-state index is 4.40. The Balaban J connectivity index is 2.67. The van der Waals surface area contributed by atoms with Gasteiger partial charge in [0.05, 0.1) is 0 Å². The van der Waals surface area contributed by atoms with Gasteiger partial charge >= 0.3 is 0 Å². The normalized spacial score (nSPS) is 15.0. The first kappa shape index (κ1) is 15.2. The van der Waals surface area contributed by atoms with Crippen molar-refractivity contribution in [3.8, 4) is 0 Å². The van der Waals surface area contributed by atoms with E-state index in [1.807, 2.05) is 4.68 Å². The van der Waals surface area contributed by atoms with Crippen molar-refractivity contribution in [2.75, 3.05) is 6.54 Å². The largest absolute Gasteiger partial charge is 0.314 e. The van der Waals surface area contributed by atoms with Crippen LogP contribution in [0.25, 0.3) is 0 Å². The van der Waals surface area contributed by atoms with Gasteiger partial charge in [0.25, 0.3) is 0 Å². The molecule has 1 N–H and O–H groups in total. The Bertz CT molecular complexity index is 332. The Kier molecular flexibility index (Phi) is 6.33. The smallest absolute Gasteiger partial charge is 0.138 e. The molecule has 0 fully saturated rings. The lowest BCUT2D eigenvalue weighted by atomic mass is 9.97. The highest BCUT2D eigenvalue weighted by molar-refractivity contribution is 4.91. The minimum Gasteiger partial charge on any atom is -0.314 e. The zero-order valence-corrected chi connectivity index (χ0v) is 12.5. The molecule has 1 heterocycles. The van der Waals surface area contributed by atoms with Crippen molar-refractivity contribution < 1.29 is 0 Å². The molecule has 0 saturated heterocycles. The fourth-order valence-electron chi connectivity index (χ4n) is 2.25. The molecule has 1 rings (SSSR count). The maximum absolute atomic E-state index is 4.40. The molecule has 0 aromatic carbocycles. The van der Waals surface area contributed by atoms with E-state index in [-0.39, 0.29) is 0 Å². The molecule has 4 heteroatoms. The average Bonchev–Trinajstić information content (AvgIpc) is 2.77. The predicted octanol–water partition coefficient (Wildman–Crippen LogP) is 2.82. The maximum Gasteiger partial charge on any atom is 0.138 e. The van der Waals surface area contributed by atoms with Gasteiger partial charge in [-0.25, -0.2) is 9.67 Å². The quantitative estimate of drug-likeness (QED) is 0.773. The highest BCUT2D eigenvalue weighted by Crippen LogP contribution is 2.14. The standard InChI is InChI=1S/C14H28N4/c1-6-12(5)8-13(15-7-2)9-14-16-10-17-18(14)11(3)4/h10-13,15H,6-9H2,1-5H3. The van der Waals surface area contributed by atoms with Crippen molar-refractivity contribution in [3.63, 3.8) is 0 Å². The molecule has 104 valence electrons. The third kappa shape index (κ3) is 4.41. The van der Waals surface area contributed by atoms with E-state index in [0.717, 1.165) is 24.7 Å². The fourth-order valence-corrected chi connectivity index (χ4v) is 2.25. The molecule has 4 nitrogen and oxygen atoms in total. The van der Waals surface area contributed by atoms with Gasteiger partial charge in [-0.2, -0.15) is 5.10 Å². The highest BCUT2D eigenvalue weighted by Gasteiger charge is 2.16. The number of hydrogen-bond acceptors (Lipinski definition) is 3. The molecule has 0 spiro atoms. The van der Waals surface area contributed by atoms with Crippen LogP contribution in [0.4, 0.5) is 0 Å². The zero-order valence-electron chi connectivity index (χ0n) is 12.5. The lowest BCUT2D eigenvalue weighted by Crippen LogP contribution is -2.33. The van der Waals surface area contributed by atoms with Crippen LogP contribution in [0.15, 0.2) is 6.33 Å². The van der Waals surface area contributed by atoms with Crippen LogP contribution in [0.3, 0.4) is 0 Å². The summed E-state index contributed by atoms with van der Waals surface area (Å²) in [6.07, 6.45) is 5.08. The summed E-state index contributed by atoms with van der Waals surface area (Å²) in [5.41, 5.74) is 0. The minimum atomic E-state index is 0.383. The molecular weight excluding hydrogens is 224 g/mol. The van der Waals surface area contributed by atoms with Crippen LogP contribution in [-0.4, -0.2) is 27.4 Å². The van der Waals surface area contributed by atoms with Crippen LogP contribution < -0.4 is 5.32 Å². The van der Waals surface area contributed by atoms with E-state index in [1.165, 1.54) is 12.8 Å². The second-order valence-electron chi connectivity index (χ2n) is 5.42. The summed E-state index contributed by atoms with van der Waals surface area (Å²) >= 11 is 0. The van der Waals surface area contributed by atoms with Gasteiger partial charge in [0.15, 0.2) is 0 Å². The summed E-state index contributed by atoms with van der Waals surface area (Å²) in [6.45, 7) is 12.0. The molecule has 0 saturated carbocycles. The second-order valence-corrected chi connectivity index (χ2v) is 5.42. The summed E-state index contributed by atoms with van der Waals surface area (Å²) in [5, 5.41) is 7.88. The third-order valence-electron chi connectivity index (χ3n) is 3.44. The van der Waals surface area contributed by atoms with Gasteiger partial charge in [0.2, 0.25) is 0 Å². The monoisotopic (exact) mass is 252 g/mol. The van der Waals surface area contributed by atoms with Crippen molar-refractivity contribution in [1.82, 2.24) is 20.1 Å². The Morgan fingerprint density at radius 1 is 1.28 bits per heavy atom. The predicted molar refractivity (Wildman–Crippen MR) is 75.6 cm³/mol.